The first-order valence-corrected chi connectivity index (χ1v) is 15.7. The van der Waals surface area contributed by atoms with Gasteiger partial charge in [0, 0.05) is 34.1 Å². The van der Waals surface area contributed by atoms with Gasteiger partial charge in [-0.2, -0.15) is 0 Å². The number of rotatable bonds is 12. The van der Waals surface area contributed by atoms with Crippen molar-refractivity contribution in [2.45, 2.75) is 45.3 Å². The van der Waals surface area contributed by atoms with Crippen LogP contribution in [0.2, 0.25) is 15.1 Å². The fourth-order valence-corrected chi connectivity index (χ4v) is 5.65. The zero-order valence-corrected chi connectivity index (χ0v) is 25.6. The van der Waals surface area contributed by atoms with Gasteiger partial charge < -0.3 is 10.2 Å². The Labute approximate surface area is 251 Å². The van der Waals surface area contributed by atoms with Gasteiger partial charge in [0.05, 0.1) is 11.9 Å². The molecule has 1 N–H and O–H groups in total. The number of sulfonamides is 1. The summed E-state index contributed by atoms with van der Waals surface area (Å²) in [6.45, 7) is 3.23. The second-order valence-corrected chi connectivity index (χ2v) is 12.7. The maximum atomic E-state index is 14.1. The summed E-state index contributed by atoms with van der Waals surface area (Å²) in [5.41, 5.74) is 1.59. The number of carbonyl (C=O) groups is 2. The zero-order valence-electron chi connectivity index (χ0n) is 22.5. The number of nitrogens with zero attached hydrogens (tertiary/aromatic N) is 2. The molecule has 0 saturated carbocycles. The predicted octanol–water partition coefficient (Wildman–Crippen LogP) is 5.97. The molecule has 0 radical (unpaired) electrons. The van der Waals surface area contributed by atoms with Crippen molar-refractivity contribution in [3.8, 4) is 0 Å². The van der Waals surface area contributed by atoms with Gasteiger partial charge in [-0.1, -0.05) is 90.3 Å². The van der Waals surface area contributed by atoms with Crippen LogP contribution in [0.25, 0.3) is 0 Å². The molecular formula is C29H32Cl3N3O4S. The third-order valence-electron chi connectivity index (χ3n) is 6.39. The van der Waals surface area contributed by atoms with Crippen molar-refractivity contribution in [1.82, 2.24) is 10.2 Å². The Bertz CT molecular complexity index is 1420. The number of hydrogen-bond acceptors (Lipinski definition) is 4. The maximum Gasteiger partial charge on any atom is 0.244 e. The summed E-state index contributed by atoms with van der Waals surface area (Å²) >= 11 is 18.7. The Kier molecular flexibility index (Phi) is 11.3. The van der Waals surface area contributed by atoms with Crippen LogP contribution >= 0.6 is 34.8 Å². The van der Waals surface area contributed by atoms with Gasteiger partial charge in [0.15, 0.2) is 0 Å². The molecule has 2 amide bonds. The maximum absolute atomic E-state index is 14.1. The molecule has 0 heterocycles. The lowest BCUT2D eigenvalue weighted by molar-refractivity contribution is -0.140. The first kappa shape index (κ1) is 31.7. The molecule has 0 aliphatic heterocycles. The Balaban J connectivity index is 2.09. The highest BCUT2D eigenvalue weighted by atomic mass is 35.5. The highest BCUT2D eigenvalue weighted by molar-refractivity contribution is 7.92. The van der Waals surface area contributed by atoms with Crippen LogP contribution in [0, 0.1) is 0 Å². The van der Waals surface area contributed by atoms with Gasteiger partial charge in [-0.3, -0.25) is 13.9 Å². The van der Waals surface area contributed by atoms with Gasteiger partial charge in [0.25, 0.3) is 0 Å². The van der Waals surface area contributed by atoms with Gasteiger partial charge in [0.2, 0.25) is 21.8 Å². The van der Waals surface area contributed by atoms with Crippen LogP contribution in [0.15, 0.2) is 72.8 Å². The van der Waals surface area contributed by atoms with E-state index in [1.807, 2.05) is 44.2 Å². The van der Waals surface area contributed by atoms with Crippen LogP contribution in [-0.4, -0.2) is 50.0 Å². The van der Waals surface area contributed by atoms with Crippen LogP contribution < -0.4 is 9.62 Å². The van der Waals surface area contributed by atoms with E-state index in [2.05, 4.69) is 5.32 Å². The molecular weight excluding hydrogens is 593 g/mol. The van der Waals surface area contributed by atoms with Gasteiger partial charge in [-0.15, -0.1) is 0 Å². The average Bonchev–Trinajstić information content (AvgIpc) is 2.89. The van der Waals surface area contributed by atoms with Gasteiger partial charge in [0.1, 0.15) is 12.6 Å². The molecule has 11 heteroatoms. The second kappa shape index (κ2) is 14.2. The van der Waals surface area contributed by atoms with Gasteiger partial charge in [-0.25, -0.2) is 8.42 Å². The summed E-state index contributed by atoms with van der Waals surface area (Å²) in [7, 11) is -3.95. The van der Waals surface area contributed by atoms with Crippen LogP contribution in [0.5, 0.6) is 0 Å². The molecule has 214 valence electrons. The fourth-order valence-electron chi connectivity index (χ4n) is 4.10. The van der Waals surface area contributed by atoms with E-state index in [4.69, 9.17) is 34.8 Å². The molecule has 0 fully saturated rings. The fraction of sp³-hybridized carbons (Fsp3) is 0.310. The van der Waals surface area contributed by atoms with Crippen molar-refractivity contribution in [3.05, 3.63) is 99.0 Å². The highest BCUT2D eigenvalue weighted by Gasteiger charge is 2.33. The van der Waals surface area contributed by atoms with Crippen molar-refractivity contribution in [2.75, 3.05) is 17.1 Å². The highest BCUT2D eigenvalue weighted by Crippen LogP contribution is 2.28. The summed E-state index contributed by atoms with van der Waals surface area (Å²) in [4.78, 5) is 29.1. The standard InChI is InChI=1S/C29H32Cl3N3O4S/c1-4-20(2)33-29(37)27(14-21-10-6-5-7-11-21)34(18-22-12-8-9-13-26(22)32)28(36)19-35(40(3,38)39)25-16-23(30)15-24(31)17-25/h5-13,15-17,20,27H,4,14,18-19H2,1-3H3,(H,33,37)/t20-,27-/m0/s1. The van der Waals surface area contributed by atoms with E-state index in [1.165, 1.54) is 23.1 Å². The SMILES string of the molecule is CC[C@H](C)NC(=O)[C@H](Cc1ccccc1)N(Cc1ccccc1Cl)C(=O)CN(c1cc(Cl)cc(Cl)c1)S(C)(=O)=O. The molecule has 0 aliphatic carbocycles. The Morgan fingerprint density at radius 1 is 0.925 bits per heavy atom. The molecule has 2 atom stereocenters. The van der Waals surface area contributed by atoms with Crippen molar-refractivity contribution < 1.29 is 18.0 Å². The summed E-state index contributed by atoms with van der Waals surface area (Å²) in [6.07, 6.45) is 1.89. The largest absolute Gasteiger partial charge is 0.352 e. The van der Waals surface area contributed by atoms with Crippen LogP contribution in [0.3, 0.4) is 0 Å². The number of nitrogens with one attached hydrogen (secondary N) is 1. The molecule has 0 unspecified atom stereocenters. The topological polar surface area (TPSA) is 86.8 Å². The minimum atomic E-state index is -3.95. The Hall–Kier alpha value is -2.78. The quantitative estimate of drug-likeness (QED) is 0.269. The first-order valence-electron chi connectivity index (χ1n) is 12.7. The first-order chi connectivity index (χ1) is 18.9. The van der Waals surface area contributed by atoms with Crippen LogP contribution in [0.4, 0.5) is 5.69 Å². The summed E-state index contributed by atoms with van der Waals surface area (Å²) in [5, 5.41) is 3.83. The third-order valence-corrected chi connectivity index (χ3v) is 8.33. The molecule has 40 heavy (non-hydrogen) atoms. The van der Waals surface area contributed by atoms with Crippen molar-refractivity contribution in [1.29, 1.82) is 0 Å². The smallest absolute Gasteiger partial charge is 0.244 e. The Morgan fingerprint density at radius 2 is 1.52 bits per heavy atom. The number of benzene rings is 3. The minimum absolute atomic E-state index is 0.0160. The molecule has 3 aromatic carbocycles. The zero-order chi connectivity index (χ0) is 29.4. The molecule has 0 aliphatic rings. The van der Waals surface area contributed by atoms with E-state index < -0.39 is 28.5 Å². The molecule has 0 spiro atoms. The lowest BCUT2D eigenvalue weighted by Gasteiger charge is -2.34. The molecule has 0 saturated heterocycles. The Morgan fingerprint density at radius 3 is 2.10 bits per heavy atom. The number of halogens is 3. The van der Waals surface area contributed by atoms with E-state index in [-0.39, 0.29) is 40.6 Å². The second-order valence-electron chi connectivity index (χ2n) is 9.53. The van der Waals surface area contributed by atoms with Crippen LogP contribution in [0.1, 0.15) is 31.4 Å². The van der Waals surface area contributed by atoms with E-state index >= 15 is 0 Å². The lowest BCUT2D eigenvalue weighted by atomic mass is 10.0. The molecule has 3 rings (SSSR count). The lowest BCUT2D eigenvalue weighted by Crippen LogP contribution is -2.54. The average molecular weight is 625 g/mol. The van der Waals surface area contributed by atoms with Gasteiger partial charge >= 0.3 is 0 Å². The summed E-state index contributed by atoms with van der Waals surface area (Å²) in [5.74, 6) is -0.947. The third kappa shape index (κ3) is 8.86. The molecule has 7 nitrogen and oxygen atoms in total. The van der Waals surface area contributed by atoms with Crippen molar-refractivity contribution in [3.63, 3.8) is 0 Å². The van der Waals surface area contributed by atoms with Gasteiger partial charge in [-0.05, 0) is 48.7 Å². The predicted molar refractivity (Wildman–Crippen MR) is 162 cm³/mol. The van der Waals surface area contributed by atoms with Crippen molar-refractivity contribution >= 4 is 62.3 Å². The number of carbonyl (C=O) groups excluding carboxylic acids is 2. The monoisotopic (exact) mass is 623 g/mol. The summed E-state index contributed by atoms with van der Waals surface area (Å²) < 4.78 is 26.7. The molecule has 0 aromatic heterocycles. The normalized spacial score (nSPS) is 12.8. The van der Waals surface area contributed by atoms with E-state index in [0.717, 1.165) is 16.1 Å². The summed E-state index contributed by atoms with van der Waals surface area (Å²) in [6, 6.07) is 19.5. The van der Waals surface area contributed by atoms with Crippen LogP contribution in [-0.2, 0) is 32.6 Å². The number of hydrogen-bond donors (Lipinski definition) is 1. The number of anilines is 1. The van der Waals surface area contributed by atoms with Crippen molar-refractivity contribution in [2.24, 2.45) is 0 Å². The minimum Gasteiger partial charge on any atom is -0.352 e. The van der Waals surface area contributed by atoms with E-state index in [0.29, 0.717) is 17.0 Å². The van der Waals surface area contributed by atoms with E-state index in [1.54, 1.807) is 24.3 Å². The number of amides is 2. The molecule has 3 aromatic rings. The van der Waals surface area contributed by atoms with E-state index in [9.17, 15) is 18.0 Å². The molecule has 0 bridgehead atoms.